The number of aryl methyl sites for hydroxylation is 1. The van der Waals surface area contributed by atoms with Gasteiger partial charge in [0.25, 0.3) is 0 Å². The number of hydrogen-bond acceptors (Lipinski definition) is 6. The molecule has 3 aromatic carbocycles. The van der Waals surface area contributed by atoms with Crippen LogP contribution in [0.3, 0.4) is 0 Å². The van der Waals surface area contributed by atoms with Crippen molar-refractivity contribution in [1.82, 2.24) is 5.43 Å². The minimum Gasteiger partial charge on any atom is -0.508 e. The van der Waals surface area contributed by atoms with E-state index in [1.54, 1.807) is 54.6 Å². The fourth-order valence-electron chi connectivity index (χ4n) is 2.58. The number of nitrogens with zero attached hydrogens (tertiary/aromatic N) is 1. The van der Waals surface area contributed by atoms with Gasteiger partial charge in [0.1, 0.15) is 16.4 Å². The fourth-order valence-corrected chi connectivity index (χ4v) is 3.53. The van der Waals surface area contributed by atoms with E-state index in [0.29, 0.717) is 17.5 Å². The number of phenols is 1. The summed E-state index contributed by atoms with van der Waals surface area (Å²) in [5.74, 6) is 0.0384. The van der Waals surface area contributed by atoms with Crippen LogP contribution in [0.4, 0.5) is 0 Å². The van der Waals surface area contributed by atoms with Crippen molar-refractivity contribution < 1.29 is 22.5 Å². The Balaban J connectivity index is 1.51. The van der Waals surface area contributed by atoms with Crippen LogP contribution in [-0.4, -0.2) is 25.6 Å². The van der Waals surface area contributed by atoms with Crippen molar-refractivity contribution in [3.8, 4) is 11.5 Å². The van der Waals surface area contributed by atoms with Gasteiger partial charge in [-0.3, -0.25) is 4.79 Å². The second-order valence-electron chi connectivity index (χ2n) is 6.34. The van der Waals surface area contributed by atoms with Gasteiger partial charge in [0.05, 0.1) is 6.21 Å². The molecule has 8 heteroatoms. The molecule has 0 aromatic heterocycles. The zero-order valence-electron chi connectivity index (χ0n) is 15.9. The Bertz CT molecular complexity index is 1130. The van der Waals surface area contributed by atoms with Gasteiger partial charge in [-0.05, 0) is 60.0 Å². The van der Waals surface area contributed by atoms with Gasteiger partial charge in [0, 0.05) is 6.42 Å². The Hall–Kier alpha value is -3.65. The summed E-state index contributed by atoms with van der Waals surface area (Å²) < 4.78 is 29.5. The molecule has 1 amide bonds. The number of phenolic OH excluding ortho intramolecular Hbond substituents is 1. The SMILES string of the molecule is O=C(CCc1ccccc1O)N/N=C/c1ccc(OS(=O)(=O)c2ccccc2)cc1. The Kier molecular flexibility index (Phi) is 6.82. The zero-order chi connectivity index (χ0) is 21.4. The number of hydrogen-bond donors (Lipinski definition) is 2. The summed E-state index contributed by atoms with van der Waals surface area (Å²) in [7, 11) is -3.90. The van der Waals surface area contributed by atoms with Gasteiger partial charge in [-0.2, -0.15) is 13.5 Å². The molecular weight excluding hydrogens is 404 g/mol. The van der Waals surface area contributed by atoms with Crippen LogP contribution >= 0.6 is 0 Å². The summed E-state index contributed by atoms with van der Waals surface area (Å²) in [6.45, 7) is 0. The van der Waals surface area contributed by atoms with Crippen LogP contribution in [0.5, 0.6) is 11.5 Å². The average molecular weight is 424 g/mol. The molecule has 0 aliphatic heterocycles. The molecule has 0 saturated heterocycles. The third-order valence-corrected chi connectivity index (χ3v) is 5.40. The average Bonchev–Trinajstić information content (AvgIpc) is 2.75. The monoisotopic (exact) mass is 424 g/mol. The summed E-state index contributed by atoms with van der Waals surface area (Å²) in [5.41, 5.74) is 3.76. The van der Waals surface area contributed by atoms with Crippen molar-refractivity contribution >= 4 is 22.2 Å². The maximum absolute atomic E-state index is 12.2. The van der Waals surface area contributed by atoms with Gasteiger partial charge in [-0.25, -0.2) is 5.43 Å². The molecule has 154 valence electrons. The summed E-state index contributed by atoms with van der Waals surface area (Å²) in [6.07, 6.45) is 2.02. The molecule has 30 heavy (non-hydrogen) atoms. The number of amides is 1. The van der Waals surface area contributed by atoms with Crippen molar-refractivity contribution in [3.05, 3.63) is 90.0 Å². The minimum atomic E-state index is -3.90. The van der Waals surface area contributed by atoms with Crippen LogP contribution in [0.2, 0.25) is 0 Å². The molecule has 0 heterocycles. The molecule has 0 radical (unpaired) electrons. The van der Waals surface area contributed by atoms with Gasteiger partial charge in [0.2, 0.25) is 5.91 Å². The predicted molar refractivity (Wildman–Crippen MR) is 113 cm³/mol. The highest BCUT2D eigenvalue weighted by Crippen LogP contribution is 2.19. The lowest BCUT2D eigenvalue weighted by atomic mass is 10.1. The van der Waals surface area contributed by atoms with Crippen molar-refractivity contribution in [2.75, 3.05) is 0 Å². The summed E-state index contributed by atoms with van der Waals surface area (Å²) in [5, 5.41) is 13.6. The maximum Gasteiger partial charge on any atom is 0.339 e. The molecule has 2 N–H and O–H groups in total. The third kappa shape index (κ3) is 5.92. The van der Waals surface area contributed by atoms with Crippen molar-refractivity contribution in [2.45, 2.75) is 17.7 Å². The van der Waals surface area contributed by atoms with Crippen LogP contribution in [0.1, 0.15) is 17.5 Å². The molecule has 0 aliphatic rings. The van der Waals surface area contributed by atoms with E-state index in [1.165, 1.54) is 30.5 Å². The van der Waals surface area contributed by atoms with E-state index in [-0.39, 0.29) is 28.7 Å². The van der Waals surface area contributed by atoms with Crippen LogP contribution in [0, 0.1) is 0 Å². The first-order valence-electron chi connectivity index (χ1n) is 9.12. The Morgan fingerprint density at radius 3 is 2.33 bits per heavy atom. The van der Waals surface area contributed by atoms with Gasteiger partial charge in [-0.1, -0.05) is 36.4 Å². The van der Waals surface area contributed by atoms with E-state index in [9.17, 15) is 18.3 Å². The number of aromatic hydroxyl groups is 1. The van der Waals surface area contributed by atoms with Gasteiger partial charge < -0.3 is 9.29 Å². The number of hydrazone groups is 1. The summed E-state index contributed by atoms with van der Waals surface area (Å²) in [6, 6.07) is 21.0. The van der Waals surface area contributed by atoms with E-state index in [1.807, 2.05) is 0 Å². The summed E-state index contributed by atoms with van der Waals surface area (Å²) >= 11 is 0. The van der Waals surface area contributed by atoms with E-state index < -0.39 is 10.1 Å². The predicted octanol–water partition coefficient (Wildman–Crippen LogP) is 3.24. The second-order valence-corrected chi connectivity index (χ2v) is 7.89. The largest absolute Gasteiger partial charge is 0.508 e. The number of benzene rings is 3. The quantitative estimate of drug-likeness (QED) is 0.328. The Morgan fingerprint density at radius 1 is 0.967 bits per heavy atom. The number of rotatable bonds is 8. The summed E-state index contributed by atoms with van der Waals surface area (Å²) in [4.78, 5) is 11.9. The van der Waals surface area contributed by atoms with E-state index >= 15 is 0 Å². The molecule has 0 fully saturated rings. The normalized spacial score (nSPS) is 11.3. The molecule has 0 spiro atoms. The lowest BCUT2D eigenvalue weighted by Crippen LogP contribution is -2.17. The van der Waals surface area contributed by atoms with Crippen molar-refractivity contribution in [3.63, 3.8) is 0 Å². The number of para-hydroxylation sites is 1. The molecule has 3 aromatic rings. The van der Waals surface area contributed by atoms with E-state index in [0.717, 1.165) is 0 Å². The molecule has 3 rings (SSSR count). The van der Waals surface area contributed by atoms with E-state index in [2.05, 4.69) is 10.5 Å². The highest BCUT2D eigenvalue weighted by molar-refractivity contribution is 7.87. The minimum absolute atomic E-state index is 0.0715. The first kappa shape index (κ1) is 21.1. The first-order valence-corrected chi connectivity index (χ1v) is 10.5. The highest BCUT2D eigenvalue weighted by atomic mass is 32.2. The molecule has 0 saturated carbocycles. The first-order chi connectivity index (χ1) is 14.4. The van der Waals surface area contributed by atoms with E-state index in [4.69, 9.17) is 4.18 Å². The topological polar surface area (TPSA) is 105 Å². The van der Waals surface area contributed by atoms with Crippen LogP contribution in [0.15, 0.2) is 88.9 Å². The number of carbonyl (C=O) groups excluding carboxylic acids is 1. The second kappa shape index (κ2) is 9.71. The molecule has 0 bridgehead atoms. The Morgan fingerprint density at radius 2 is 1.63 bits per heavy atom. The van der Waals surface area contributed by atoms with Crippen molar-refractivity contribution in [2.24, 2.45) is 5.10 Å². The Labute approximate surface area is 174 Å². The van der Waals surface area contributed by atoms with Crippen LogP contribution in [0.25, 0.3) is 0 Å². The molecule has 0 unspecified atom stereocenters. The standard InChI is InChI=1S/C22H20N2O5S/c25-21-9-5-4-6-18(21)12-15-22(26)24-23-16-17-10-13-19(14-11-17)29-30(27,28)20-7-2-1-3-8-20/h1-11,13-14,16,25H,12,15H2,(H,24,26)/b23-16+. The van der Waals surface area contributed by atoms with Crippen molar-refractivity contribution in [1.29, 1.82) is 0 Å². The molecule has 0 atom stereocenters. The van der Waals surface area contributed by atoms with Gasteiger partial charge in [-0.15, -0.1) is 0 Å². The number of nitrogens with one attached hydrogen (secondary N) is 1. The lowest BCUT2D eigenvalue weighted by molar-refractivity contribution is -0.121. The molecule has 0 aliphatic carbocycles. The zero-order valence-corrected chi connectivity index (χ0v) is 16.7. The fraction of sp³-hybridized carbons (Fsp3) is 0.0909. The van der Waals surface area contributed by atoms with Crippen LogP contribution < -0.4 is 9.61 Å². The smallest absolute Gasteiger partial charge is 0.339 e. The van der Waals surface area contributed by atoms with Gasteiger partial charge in [0.15, 0.2) is 0 Å². The molecule has 7 nitrogen and oxygen atoms in total. The van der Waals surface area contributed by atoms with Gasteiger partial charge >= 0.3 is 10.1 Å². The maximum atomic E-state index is 12.2. The van der Waals surface area contributed by atoms with Crippen LogP contribution in [-0.2, 0) is 21.3 Å². The number of carbonyl (C=O) groups is 1. The highest BCUT2D eigenvalue weighted by Gasteiger charge is 2.15. The lowest BCUT2D eigenvalue weighted by Gasteiger charge is -2.07. The molecular formula is C22H20N2O5S. The third-order valence-electron chi connectivity index (χ3n) is 4.13.